The van der Waals surface area contributed by atoms with Crippen molar-refractivity contribution in [2.24, 2.45) is 5.92 Å². The predicted molar refractivity (Wildman–Crippen MR) is 71.1 cm³/mol. The fourth-order valence-electron chi connectivity index (χ4n) is 1.58. The summed E-state index contributed by atoms with van der Waals surface area (Å²) in [4.78, 5) is 28.0. The van der Waals surface area contributed by atoms with E-state index in [0.717, 1.165) is 0 Å². The third kappa shape index (κ3) is 5.07. The van der Waals surface area contributed by atoms with Crippen LogP contribution < -0.4 is 0 Å². The maximum atomic E-state index is 11.8. The third-order valence-electron chi connectivity index (χ3n) is 2.66. The maximum Gasteiger partial charge on any atom is 0.410 e. The van der Waals surface area contributed by atoms with Gasteiger partial charge in [0.15, 0.2) is 0 Å². The molecule has 1 aromatic rings. The summed E-state index contributed by atoms with van der Waals surface area (Å²) in [5, 5.41) is 0. The number of aromatic nitrogens is 1. The van der Waals surface area contributed by atoms with Crippen LogP contribution in [0.15, 0.2) is 24.4 Å². The van der Waals surface area contributed by atoms with Crippen molar-refractivity contribution in [1.29, 1.82) is 0 Å². The molecule has 103 valence electrons. The van der Waals surface area contributed by atoms with Gasteiger partial charge < -0.3 is 9.64 Å². The van der Waals surface area contributed by atoms with Crippen molar-refractivity contribution in [2.45, 2.75) is 32.9 Å². The van der Waals surface area contributed by atoms with E-state index in [1.807, 2.05) is 26.2 Å². The van der Waals surface area contributed by atoms with E-state index in [-0.39, 0.29) is 6.61 Å². The average Bonchev–Trinajstić information content (AvgIpc) is 2.42. The Labute approximate surface area is 113 Å². The lowest BCUT2D eigenvalue weighted by Gasteiger charge is -2.23. The van der Waals surface area contributed by atoms with Gasteiger partial charge in [-0.25, -0.2) is 4.79 Å². The summed E-state index contributed by atoms with van der Waals surface area (Å²) in [5.74, 6) is 0.303. The van der Waals surface area contributed by atoms with Crippen LogP contribution in [-0.4, -0.2) is 35.4 Å². The second-order valence-electron chi connectivity index (χ2n) is 4.75. The molecule has 0 aromatic carbocycles. The third-order valence-corrected chi connectivity index (χ3v) is 2.66. The Morgan fingerprint density at radius 3 is 2.74 bits per heavy atom. The monoisotopic (exact) mass is 263 g/mol. The first-order valence-corrected chi connectivity index (χ1v) is 6.21. The summed E-state index contributed by atoms with van der Waals surface area (Å²) >= 11 is 0. The molecule has 19 heavy (non-hydrogen) atoms. The summed E-state index contributed by atoms with van der Waals surface area (Å²) < 4.78 is 5.10. The number of nitrogens with zero attached hydrogens (tertiary/aromatic N) is 2. The summed E-state index contributed by atoms with van der Waals surface area (Å²) in [7, 11) is 1.54. The molecule has 0 fully saturated rings. The van der Waals surface area contributed by atoms with E-state index in [4.69, 9.17) is 4.74 Å². The van der Waals surface area contributed by atoms with Crippen LogP contribution in [0.5, 0.6) is 0 Å². The normalized spacial score (nSPS) is 12.0. The smallest absolute Gasteiger partial charge is 0.410 e. The first kappa shape index (κ1) is 15.1. The number of hydrogen-bond acceptors (Lipinski definition) is 4. The molecule has 1 atom stereocenters. The van der Waals surface area contributed by atoms with Crippen molar-refractivity contribution in [3.05, 3.63) is 30.1 Å². The zero-order valence-corrected chi connectivity index (χ0v) is 11.5. The lowest BCUT2D eigenvalue weighted by Crippen LogP contribution is -2.39. The van der Waals surface area contributed by atoms with E-state index in [0.29, 0.717) is 18.0 Å². The Kier molecular flexibility index (Phi) is 5.99. The van der Waals surface area contributed by atoms with Gasteiger partial charge in [0.25, 0.3) is 0 Å². The van der Waals surface area contributed by atoms with Gasteiger partial charge in [-0.1, -0.05) is 19.9 Å². The number of ether oxygens (including phenoxy) is 1. The van der Waals surface area contributed by atoms with E-state index in [1.54, 1.807) is 25.4 Å². The van der Waals surface area contributed by atoms with E-state index in [2.05, 4.69) is 4.98 Å². The number of rotatable bonds is 6. The second-order valence-corrected chi connectivity index (χ2v) is 4.75. The Morgan fingerprint density at radius 1 is 1.47 bits per heavy atom. The highest BCUT2D eigenvalue weighted by Gasteiger charge is 2.22. The fraction of sp³-hybridized carbons (Fsp3) is 0.500. The minimum atomic E-state index is -0.573. The number of amides is 1. The fourth-order valence-corrected chi connectivity index (χ4v) is 1.58. The number of hydrogen-bond donors (Lipinski definition) is 0. The van der Waals surface area contributed by atoms with Crippen molar-refractivity contribution >= 4 is 12.4 Å². The molecule has 0 N–H and O–H groups in total. The van der Waals surface area contributed by atoms with E-state index >= 15 is 0 Å². The van der Waals surface area contributed by atoms with Gasteiger partial charge in [-0.05, 0) is 24.5 Å². The van der Waals surface area contributed by atoms with Gasteiger partial charge in [-0.3, -0.25) is 9.78 Å². The van der Waals surface area contributed by atoms with Gasteiger partial charge in [0.1, 0.15) is 12.6 Å². The topological polar surface area (TPSA) is 59.5 Å². The van der Waals surface area contributed by atoms with E-state index in [9.17, 15) is 9.59 Å². The molecule has 0 aliphatic rings. The molecule has 0 bridgehead atoms. The van der Waals surface area contributed by atoms with Gasteiger partial charge in [-0.15, -0.1) is 0 Å². The molecule has 1 heterocycles. The number of carbonyl (C=O) groups excluding carboxylic acids is 2. The van der Waals surface area contributed by atoms with Gasteiger partial charge in [0.05, 0.1) is 5.69 Å². The van der Waals surface area contributed by atoms with Crippen molar-refractivity contribution in [2.75, 3.05) is 7.05 Å². The van der Waals surface area contributed by atoms with Crippen LogP contribution in [0, 0.1) is 5.92 Å². The van der Waals surface area contributed by atoms with Crippen LogP contribution in [0.1, 0.15) is 26.0 Å². The average molecular weight is 263 g/mol. The summed E-state index contributed by atoms with van der Waals surface area (Å²) in [6, 6.07) is 4.80. The van der Waals surface area contributed by atoms with Crippen molar-refractivity contribution in [1.82, 2.24) is 9.88 Å². The quantitative estimate of drug-likeness (QED) is 0.789. The minimum absolute atomic E-state index is 0.0945. The Balaban J connectivity index is 2.50. The highest BCUT2D eigenvalue weighted by Crippen LogP contribution is 2.10. The molecule has 5 nitrogen and oxygen atoms in total. The zero-order valence-electron chi connectivity index (χ0n) is 11.5. The number of likely N-dealkylation sites (N-methyl/N-ethyl adjacent to an activating group) is 1. The van der Waals surface area contributed by atoms with Crippen LogP contribution in [0.25, 0.3) is 0 Å². The first-order chi connectivity index (χ1) is 9.04. The SMILES string of the molecule is CC(C)C[C@@H]([C]=O)N(C)C(=O)OCc1ccccn1. The van der Waals surface area contributed by atoms with Gasteiger partial charge in [-0.2, -0.15) is 0 Å². The Hall–Kier alpha value is -1.91. The van der Waals surface area contributed by atoms with Crippen LogP contribution in [0.2, 0.25) is 0 Å². The largest absolute Gasteiger partial charge is 0.443 e. The second kappa shape index (κ2) is 7.51. The zero-order chi connectivity index (χ0) is 14.3. The Morgan fingerprint density at radius 2 is 2.21 bits per heavy atom. The van der Waals surface area contributed by atoms with Gasteiger partial charge >= 0.3 is 6.09 Å². The molecule has 5 heteroatoms. The highest BCUT2D eigenvalue weighted by atomic mass is 16.6. The van der Waals surface area contributed by atoms with E-state index < -0.39 is 12.1 Å². The molecule has 1 amide bonds. The molecule has 1 rings (SSSR count). The van der Waals surface area contributed by atoms with Crippen LogP contribution in [0.4, 0.5) is 4.79 Å². The predicted octanol–water partition coefficient (Wildman–Crippen LogP) is 2.17. The van der Waals surface area contributed by atoms with Crippen LogP contribution >= 0.6 is 0 Å². The molecule has 1 radical (unpaired) electrons. The summed E-state index contributed by atoms with van der Waals surface area (Å²) in [6.45, 7) is 4.06. The van der Waals surface area contributed by atoms with Crippen molar-refractivity contribution < 1.29 is 14.3 Å². The van der Waals surface area contributed by atoms with Crippen LogP contribution in [0.3, 0.4) is 0 Å². The molecule has 0 saturated carbocycles. The highest BCUT2D eigenvalue weighted by molar-refractivity contribution is 5.73. The van der Waals surface area contributed by atoms with Crippen molar-refractivity contribution in [3.63, 3.8) is 0 Å². The molecular weight excluding hydrogens is 244 g/mol. The van der Waals surface area contributed by atoms with Gasteiger partial charge in [0, 0.05) is 13.2 Å². The molecule has 0 aliphatic carbocycles. The van der Waals surface area contributed by atoms with Gasteiger partial charge in [0.2, 0.25) is 6.29 Å². The lowest BCUT2D eigenvalue weighted by atomic mass is 10.0. The molecular formula is C14H19N2O3. The molecule has 1 aromatic heterocycles. The van der Waals surface area contributed by atoms with Crippen molar-refractivity contribution in [3.8, 4) is 0 Å². The summed E-state index contributed by atoms with van der Waals surface area (Å²) in [6.07, 6.45) is 3.53. The van der Waals surface area contributed by atoms with Crippen LogP contribution in [-0.2, 0) is 16.1 Å². The lowest BCUT2D eigenvalue weighted by molar-refractivity contribution is 0.0951. The minimum Gasteiger partial charge on any atom is -0.443 e. The van der Waals surface area contributed by atoms with E-state index in [1.165, 1.54) is 4.90 Å². The first-order valence-electron chi connectivity index (χ1n) is 6.21. The summed E-state index contributed by atoms with van der Waals surface area (Å²) in [5.41, 5.74) is 0.666. The molecule has 0 unspecified atom stereocenters. The number of carbonyl (C=O) groups is 1. The maximum absolute atomic E-state index is 11.8. The molecule has 0 spiro atoms. The number of pyridine rings is 1. The molecule has 0 aliphatic heterocycles. The Bertz CT molecular complexity index is 406. The molecule has 0 saturated heterocycles. The standard InChI is InChI=1S/C14H19N2O3/c1-11(2)8-13(9-17)16(3)14(18)19-10-12-6-4-5-7-15-12/h4-7,11,13H,8,10H2,1-3H3/t13-/m0/s1.